The van der Waals surface area contributed by atoms with Gasteiger partial charge in [-0.05, 0) is 29.8 Å². The normalized spacial score (nSPS) is 12.0. The van der Waals surface area contributed by atoms with Crippen LogP contribution in [0.1, 0.15) is 29.8 Å². The highest BCUT2D eigenvalue weighted by Crippen LogP contribution is 2.21. The third-order valence-corrected chi connectivity index (χ3v) is 4.62. The van der Waals surface area contributed by atoms with Gasteiger partial charge in [-0.2, -0.15) is 0 Å². The molecule has 2 aromatic rings. The predicted molar refractivity (Wildman–Crippen MR) is 89.6 cm³/mol. The molecule has 2 aromatic carbocycles. The zero-order chi connectivity index (χ0) is 17.1. The SMILES string of the molecule is CC(C)(CNC(=O)c1ccc(S(N)(=O)=O)cc1)c1ccccc1. The van der Waals surface area contributed by atoms with Gasteiger partial charge >= 0.3 is 0 Å². The molecule has 3 N–H and O–H groups in total. The second-order valence-corrected chi connectivity index (χ2v) is 7.56. The fourth-order valence-corrected chi connectivity index (χ4v) is 2.71. The summed E-state index contributed by atoms with van der Waals surface area (Å²) in [4.78, 5) is 12.2. The van der Waals surface area contributed by atoms with E-state index in [1.54, 1.807) is 0 Å². The fraction of sp³-hybridized carbons (Fsp3) is 0.235. The molecule has 0 saturated heterocycles. The Labute approximate surface area is 136 Å². The number of benzene rings is 2. The zero-order valence-electron chi connectivity index (χ0n) is 13.1. The van der Waals surface area contributed by atoms with Crippen LogP contribution in [0, 0.1) is 0 Å². The Morgan fingerprint density at radius 2 is 1.61 bits per heavy atom. The van der Waals surface area contributed by atoms with Gasteiger partial charge in [-0.1, -0.05) is 44.2 Å². The van der Waals surface area contributed by atoms with Crippen molar-refractivity contribution in [2.75, 3.05) is 6.54 Å². The minimum absolute atomic E-state index is 0.0151. The molecule has 0 fully saturated rings. The molecule has 0 saturated carbocycles. The first-order chi connectivity index (χ1) is 10.7. The van der Waals surface area contributed by atoms with Crippen molar-refractivity contribution in [1.29, 1.82) is 0 Å². The number of carbonyl (C=O) groups is 1. The van der Waals surface area contributed by atoms with Gasteiger partial charge in [0.25, 0.3) is 5.91 Å². The van der Waals surface area contributed by atoms with Crippen molar-refractivity contribution in [3.63, 3.8) is 0 Å². The van der Waals surface area contributed by atoms with Gasteiger partial charge in [0.2, 0.25) is 10.0 Å². The Hall–Kier alpha value is -2.18. The maximum Gasteiger partial charge on any atom is 0.251 e. The van der Waals surface area contributed by atoms with Gasteiger partial charge in [0, 0.05) is 17.5 Å². The van der Waals surface area contributed by atoms with Crippen LogP contribution < -0.4 is 10.5 Å². The van der Waals surface area contributed by atoms with Crippen molar-refractivity contribution >= 4 is 15.9 Å². The number of hydrogen-bond acceptors (Lipinski definition) is 3. The van der Waals surface area contributed by atoms with E-state index in [2.05, 4.69) is 5.32 Å². The number of nitrogens with two attached hydrogens (primary N) is 1. The highest BCUT2D eigenvalue weighted by molar-refractivity contribution is 7.89. The van der Waals surface area contributed by atoms with E-state index >= 15 is 0 Å². The molecule has 0 heterocycles. The van der Waals surface area contributed by atoms with Crippen LogP contribution in [-0.4, -0.2) is 20.9 Å². The monoisotopic (exact) mass is 332 g/mol. The van der Waals surface area contributed by atoms with Gasteiger partial charge in [0.15, 0.2) is 0 Å². The molecule has 1 amide bonds. The summed E-state index contributed by atoms with van der Waals surface area (Å²) < 4.78 is 22.4. The lowest BCUT2D eigenvalue weighted by molar-refractivity contribution is 0.0945. The molecule has 0 aromatic heterocycles. The van der Waals surface area contributed by atoms with Crippen LogP contribution in [-0.2, 0) is 15.4 Å². The van der Waals surface area contributed by atoms with Crippen LogP contribution >= 0.6 is 0 Å². The third kappa shape index (κ3) is 4.40. The summed E-state index contributed by atoms with van der Waals surface area (Å²) in [5, 5.41) is 7.91. The molecular weight excluding hydrogens is 312 g/mol. The molecule has 0 atom stereocenters. The van der Waals surface area contributed by atoms with Crippen molar-refractivity contribution in [1.82, 2.24) is 5.32 Å². The van der Waals surface area contributed by atoms with E-state index in [9.17, 15) is 13.2 Å². The Kier molecular flexibility index (Phi) is 4.87. The summed E-state index contributed by atoms with van der Waals surface area (Å²) in [5.74, 6) is -0.255. The number of carbonyl (C=O) groups excluding carboxylic acids is 1. The molecule has 0 bridgehead atoms. The van der Waals surface area contributed by atoms with Crippen LogP contribution in [0.4, 0.5) is 0 Å². The minimum atomic E-state index is -3.75. The highest BCUT2D eigenvalue weighted by Gasteiger charge is 2.21. The Bertz CT molecular complexity index is 782. The first-order valence-electron chi connectivity index (χ1n) is 7.17. The third-order valence-electron chi connectivity index (χ3n) is 3.69. The van der Waals surface area contributed by atoms with Gasteiger partial charge in [-0.3, -0.25) is 4.79 Å². The van der Waals surface area contributed by atoms with E-state index in [1.165, 1.54) is 24.3 Å². The highest BCUT2D eigenvalue weighted by atomic mass is 32.2. The number of primary sulfonamides is 1. The fourth-order valence-electron chi connectivity index (χ4n) is 2.19. The summed E-state index contributed by atoms with van der Waals surface area (Å²) in [5.41, 5.74) is 1.31. The molecule has 0 aliphatic heterocycles. The molecule has 0 spiro atoms. The van der Waals surface area contributed by atoms with Gasteiger partial charge in [0.1, 0.15) is 0 Å². The quantitative estimate of drug-likeness (QED) is 0.878. The molecule has 2 rings (SSSR count). The summed E-state index contributed by atoms with van der Waals surface area (Å²) in [6, 6.07) is 15.5. The zero-order valence-corrected chi connectivity index (χ0v) is 13.9. The van der Waals surface area contributed by atoms with Gasteiger partial charge < -0.3 is 5.32 Å². The average molecular weight is 332 g/mol. The average Bonchev–Trinajstić information content (AvgIpc) is 2.53. The molecule has 0 radical (unpaired) electrons. The van der Waals surface area contributed by atoms with Crippen LogP contribution in [0.25, 0.3) is 0 Å². The number of amides is 1. The minimum Gasteiger partial charge on any atom is -0.351 e. The Morgan fingerprint density at radius 3 is 2.13 bits per heavy atom. The van der Waals surface area contributed by atoms with E-state index in [0.717, 1.165) is 5.56 Å². The van der Waals surface area contributed by atoms with E-state index < -0.39 is 10.0 Å². The van der Waals surface area contributed by atoms with E-state index in [0.29, 0.717) is 12.1 Å². The summed E-state index contributed by atoms with van der Waals surface area (Å²) in [6.07, 6.45) is 0. The van der Waals surface area contributed by atoms with Crippen LogP contribution in [0.15, 0.2) is 59.5 Å². The van der Waals surface area contributed by atoms with Gasteiger partial charge in [-0.25, -0.2) is 13.6 Å². The second-order valence-electron chi connectivity index (χ2n) is 6.00. The van der Waals surface area contributed by atoms with Gasteiger partial charge in [0.05, 0.1) is 4.90 Å². The van der Waals surface area contributed by atoms with E-state index in [-0.39, 0.29) is 16.2 Å². The van der Waals surface area contributed by atoms with Crippen molar-refractivity contribution in [2.45, 2.75) is 24.2 Å². The smallest absolute Gasteiger partial charge is 0.251 e. The van der Waals surface area contributed by atoms with Crippen molar-refractivity contribution in [3.8, 4) is 0 Å². The van der Waals surface area contributed by atoms with Crippen molar-refractivity contribution < 1.29 is 13.2 Å². The van der Waals surface area contributed by atoms with Crippen LogP contribution in [0.2, 0.25) is 0 Å². The van der Waals surface area contributed by atoms with Crippen molar-refractivity contribution in [2.24, 2.45) is 5.14 Å². The Morgan fingerprint density at radius 1 is 1.04 bits per heavy atom. The lowest BCUT2D eigenvalue weighted by atomic mass is 9.84. The van der Waals surface area contributed by atoms with E-state index in [1.807, 2.05) is 44.2 Å². The summed E-state index contributed by atoms with van der Waals surface area (Å²) in [7, 11) is -3.75. The molecule has 0 aliphatic rings. The van der Waals surface area contributed by atoms with Crippen LogP contribution in [0.3, 0.4) is 0 Å². The lowest BCUT2D eigenvalue weighted by Gasteiger charge is -2.25. The lowest BCUT2D eigenvalue weighted by Crippen LogP contribution is -2.36. The summed E-state index contributed by atoms with van der Waals surface area (Å²) >= 11 is 0. The molecular formula is C17H20N2O3S. The van der Waals surface area contributed by atoms with Gasteiger partial charge in [-0.15, -0.1) is 0 Å². The molecule has 0 aliphatic carbocycles. The summed E-state index contributed by atoms with van der Waals surface area (Å²) in [6.45, 7) is 4.56. The Balaban J connectivity index is 2.05. The maximum atomic E-state index is 12.2. The first kappa shape index (κ1) is 17.2. The molecule has 0 unspecified atom stereocenters. The second kappa shape index (κ2) is 6.52. The largest absolute Gasteiger partial charge is 0.351 e. The molecule has 122 valence electrons. The molecule has 23 heavy (non-hydrogen) atoms. The number of rotatable bonds is 5. The first-order valence-corrected chi connectivity index (χ1v) is 8.71. The standard InChI is InChI=1S/C17H20N2O3S/c1-17(2,14-6-4-3-5-7-14)12-19-16(20)13-8-10-15(11-9-13)23(18,21)22/h3-11H,12H2,1-2H3,(H,19,20)(H2,18,21,22). The van der Waals surface area contributed by atoms with Crippen molar-refractivity contribution in [3.05, 3.63) is 65.7 Å². The molecule has 5 nitrogen and oxygen atoms in total. The number of sulfonamides is 1. The van der Waals surface area contributed by atoms with E-state index in [4.69, 9.17) is 5.14 Å². The topological polar surface area (TPSA) is 89.3 Å². The predicted octanol–water partition coefficient (Wildman–Crippen LogP) is 2.04. The maximum absolute atomic E-state index is 12.2. The number of hydrogen-bond donors (Lipinski definition) is 2. The number of nitrogens with one attached hydrogen (secondary N) is 1. The van der Waals surface area contributed by atoms with Crippen LogP contribution in [0.5, 0.6) is 0 Å². The molecule has 6 heteroatoms.